The molecule has 1 fully saturated rings. The van der Waals surface area contributed by atoms with E-state index < -0.39 is 0 Å². The smallest absolute Gasteiger partial charge is 0.151 e. The molecule has 150 valence electrons. The van der Waals surface area contributed by atoms with Crippen molar-refractivity contribution < 1.29 is 0 Å². The molecule has 1 aromatic carbocycles. The van der Waals surface area contributed by atoms with Gasteiger partial charge < -0.3 is 15.1 Å². The van der Waals surface area contributed by atoms with Crippen molar-refractivity contribution in [1.82, 2.24) is 20.2 Å². The van der Waals surface area contributed by atoms with Crippen molar-refractivity contribution in [2.45, 2.75) is 25.7 Å². The van der Waals surface area contributed by atoms with Gasteiger partial charge in [-0.3, -0.25) is 0 Å². The minimum Gasteiger partial charge on any atom is -0.363 e. The summed E-state index contributed by atoms with van der Waals surface area (Å²) in [5.41, 5.74) is 2.83. The SMILES string of the molecule is CN(C)c1cc(Nc2cccc(-c3ccc(N4CCCCCC4)nn3)c2)ncn1. The first kappa shape index (κ1) is 19.1. The Hall–Kier alpha value is -3.22. The fourth-order valence-corrected chi connectivity index (χ4v) is 3.51. The van der Waals surface area contributed by atoms with Crippen LogP contribution in [0.5, 0.6) is 0 Å². The Morgan fingerprint density at radius 3 is 2.45 bits per heavy atom. The number of hydrogen-bond acceptors (Lipinski definition) is 7. The average Bonchev–Trinajstić information content (AvgIpc) is 3.04. The molecule has 29 heavy (non-hydrogen) atoms. The van der Waals surface area contributed by atoms with Crippen molar-refractivity contribution in [1.29, 1.82) is 0 Å². The predicted molar refractivity (Wildman–Crippen MR) is 118 cm³/mol. The lowest BCUT2D eigenvalue weighted by Gasteiger charge is -2.20. The van der Waals surface area contributed by atoms with Crippen molar-refractivity contribution in [3.8, 4) is 11.3 Å². The summed E-state index contributed by atoms with van der Waals surface area (Å²) in [5, 5.41) is 12.3. The number of nitrogens with zero attached hydrogens (tertiary/aromatic N) is 6. The molecule has 7 nitrogen and oxygen atoms in total. The van der Waals surface area contributed by atoms with Gasteiger partial charge in [-0.25, -0.2) is 9.97 Å². The highest BCUT2D eigenvalue weighted by atomic mass is 15.3. The molecule has 0 unspecified atom stereocenters. The first-order valence-corrected chi connectivity index (χ1v) is 10.1. The average molecular weight is 390 g/mol. The van der Waals surface area contributed by atoms with Gasteiger partial charge in [-0.15, -0.1) is 10.2 Å². The van der Waals surface area contributed by atoms with Crippen LogP contribution in [0.4, 0.5) is 23.1 Å². The number of benzene rings is 1. The molecule has 2 aromatic heterocycles. The summed E-state index contributed by atoms with van der Waals surface area (Å²) in [4.78, 5) is 12.9. The molecule has 1 aliphatic rings. The molecule has 0 aliphatic carbocycles. The summed E-state index contributed by atoms with van der Waals surface area (Å²) < 4.78 is 0. The summed E-state index contributed by atoms with van der Waals surface area (Å²) in [6.07, 6.45) is 6.65. The number of aromatic nitrogens is 4. The zero-order valence-corrected chi connectivity index (χ0v) is 17.0. The van der Waals surface area contributed by atoms with E-state index in [1.807, 2.05) is 43.3 Å². The Bertz CT molecular complexity index is 932. The van der Waals surface area contributed by atoms with Gasteiger partial charge in [0.2, 0.25) is 0 Å². The van der Waals surface area contributed by atoms with Gasteiger partial charge in [-0.1, -0.05) is 25.0 Å². The van der Waals surface area contributed by atoms with Crippen molar-refractivity contribution in [3.05, 3.63) is 48.8 Å². The van der Waals surface area contributed by atoms with Gasteiger partial charge in [0.25, 0.3) is 0 Å². The highest BCUT2D eigenvalue weighted by Gasteiger charge is 2.12. The topological polar surface area (TPSA) is 70.1 Å². The summed E-state index contributed by atoms with van der Waals surface area (Å²) in [5.74, 6) is 2.58. The van der Waals surface area contributed by atoms with Crippen LogP contribution in [0, 0.1) is 0 Å². The maximum atomic E-state index is 4.49. The van der Waals surface area contributed by atoms with Gasteiger partial charge in [-0.2, -0.15) is 0 Å². The molecule has 1 saturated heterocycles. The lowest BCUT2D eigenvalue weighted by molar-refractivity contribution is 0.726. The van der Waals surface area contributed by atoms with Crippen LogP contribution in [0.15, 0.2) is 48.8 Å². The van der Waals surface area contributed by atoms with Crippen LogP contribution in [0.1, 0.15) is 25.7 Å². The minimum absolute atomic E-state index is 0.753. The van der Waals surface area contributed by atoms with Crippen molar-refractivity contribution in [3.63, 3.8) is 0 Å². The third-order valence-electron chi connectivity index (χ3n) is 5.12. The first-order chi connectivity index (χ1) is 14.2. The van der Waals surface area contributed by atoms with Crippen molar-refractivity contribution >= 4 is 23.1 Å². The summed E-state index contributed by atoms with van der Waals surface area (Å²) in [6.45, 7) is 2.14. The van der Waals surface area contributed by atoms with Crippen LogP contribution in [-0.4, -0.2) is 47.4 Å². The molecule has 1 N–H and O–H groups in total. The van der Waals surface area contributed by atoms with E-state index in [1.54, 1.807) is 6.33 Å². The van der Waals surface area contributed by atoms with Crippen LogP contribution in [-0.2, 0) is 0 Å². The Morgan fingerprint density at radius 1 is 0.897 bits per heavy atom. The van der Waals surface area contributed by atoms with E-state index in [-0.39, 0.29) is 0 Å². The number of hydrogen-bond donors (Lipinski definition) is 1. The second-order valence-corrected chi connectivity index (χ2v) is 7.54. The van der Waals surface area contributed by atoms with Crippen LogP contribution in [0.25, 0.3) is 11.3 Å². The molecule has 4 rings (SSSR count). The van der Waals surface area contributed by atoms with Gasteiger partial charge in [0.15, 0.2) is 5.82 Å². The fraction of sp³-hybridized carbons (Fsp3) is 0.364. The standard InChI is InChI=1S/C22H27N7/c1-28(2)22-15-20(23-16-24-22)25-18-9-7-8-17(14-18)19-10-11-21(27-26-19)29-12-5-3-4-6-13-29/h7-11,14-16H,3-6,12-13H2,1-2H3,(H,23,24,25). The lowest BCUT2D eigenvalue weighted by Crippen LogP contribution is -2.25. The Balaban J connectivity index is 1.50. The molecule has 0 bridgehead atoms. The monoisotopic (exact) mass is 389 g/mol. The number of nitrogens with one attached hydrogen (secondary N) is 1. The summed E-state index contributed by atoms with van der Waals surface area (Å²) >= 11 is 0. The zero-order chi connectivity index (χ0) is 20.1. The summed E-state index contributed by atoms with van der Waals surface area (Å²) in [7, 11) is 3.92. The van der Waals surface area contributed by atoms with E-state index in [2.05, 4.69) is 48.6 Å². The molecule has 0 saturated carbocycles. The van der Waals surface area contributed by atoms with Crippen molar-refractivity contribution in [2.24, 2.45) is 0 Å². The van der Waals surface area contributed by atoms with Gasteiger partial charge in [0.05, 0.1) is 5.69 Å². The van der Waals surface area contributed by atoms with Crippen LogP contribution in [0.3, 0.4) is 0 Å². The Morgan fingerprint density at radius 2 is 1.72 bits per heavy atom. The quantitative estimate of drug-likeness (QED) is 0.704. The second kappa shape index (κ2) is 8.86. The van der Waals surface area contributed by atoms with Gasteiger partial charge in [0.1, 0.15) is 18.0 Å². The zero-order valence-electron chi connectivity index (χ0n) is 17.0. The number of anilines is 4. The lowest BCUT2D eigenvalue weighted by atomic mass is 10.1. The van der Waals surface area contributed by atoms with E-state index in [4.69, 9.17) is 0 Å². The molecule has 7 heteroatoms. The molecular formula is C22H27N7. The second-order valence-electron chi connectivity index (χ2n) is 7.54. The minimum atomic E-state index is 0.753. The molecule has 1 aliphatic heterocycles. The van der Waals surface area contributed by atoms with Gasteiger partial charge >= 0.3 is 0 Å². The third kappa shape index (κ3) is 4.80. The largest absolute Gasteiger partial charge is 0.363 e. The molecule has 0 spiro atoms. The fourth-order valence-electron chi connectivity index (χ4n) is 3.51. The highest BCUT2D eigenvalue weighted by molar-refractivity contribution is 5.68. The van der Waals surface area contributed by atoms with Gasteiger partial charge in [-0.05, 0) is 37.1 Å². The molecule has 0 radical (unpaired) electrons. The third-order valence-corrected chi connectivity index (χ3v) is 5.12. The molecule has 3 aromatic rings. The van der Waals surface area contributed by atoms with E-state index in [9.17, 15) is 0 Å². The molecular weight excluding hydrogens is 362 g/mol. The summed E-state index contributed by atoms with van der Waals surface area (Å²) in [6, 6.07) is 14.2. The van der Waals surface area contributed by atoms with E-state index in [1.165, 1.54) is 25.7 Å². The Kier molecular flexibility index (Phi) is 5.84. The predicted octanol–water partition coefficient (Wildman–Crippen LogP) is 4.12. The number of rotatable bonds is 5. The first-order valence-electron chi connectivity index (χ1n) is 10.1. The molecule has 3 heterocycles. The van der Waals surface area contributed by atoms with Crippen LogP contribution >= 0.6 is 0 Å². The van der Waals surface area contributed by atoms with Crippen molar-refractivity contribution in [2.75, 3.05) is 42.3 Å². The van der Waals surface area contributed by atoms with E-state index in [0.29, 0.717) is 0 Å². The highest BCUT2D eigenvalue weighted by Crippen LogP contribution is 2.25. The molecule has 0 atom stereocenters. The van der Waals surface area contributed by atoms with Gasteiger partial charge in [0, 0.05) is 44.5 Å². The maximum absolute atomic E-state index is 4.49. The van der Waals surface area contributed by atoms with Crippen LogP contribution in [0.2, 0.25) is 0 Å². The Labute approximate surface area is 171 Å². The maximum Gasteiger partial charge on any atom is 0.151 e. The van der Waals surface area contributed by atoms with Crippen LogP contribution < -0.4 is 15.1 Å². The molecule has 0 amide bonds. The van der Waals surface area contributed by atoms with E-state index in [0.717, 1.165) is 47.5 Å². The normalized spacial score (nSPS) is 14.3. The van der Waals surface area contributed by atoms with E-state index >= 15 is 0 Å².